The topological polar surface area (TPSA) is 96.4 Å². The van der Waals surface area contributed by atoms with Gasteiger partial charge in [-0.25, -0.2) is 18.0 Å². The van der Waals surface area contributed by atoms with Crippen LogP contribution in [0.15, 0.2) is 54.7 Å². The average Bonchev–Trinajstić information content (AvgIpc) is 2.83. The molecule has 3 aromatic rings. The van der Waals surface area contributed by atoms with Gasteiger partial charge in [0.2, 0.25) is 5.91 Å². The second-order valence-corrected chi connectivity index (χ2v) is 8.98. The van der Waals surface area contributed by atoms with Crippen molar-refractivity contribution in [1.82, 2.24) is 4.98 Å². The molecule has 6 nitrogen and oxygen atoms in total. The molecule has 1 aliphatic rings. The third-order valence-electron chi connectivity index (χ3n) is 6.11. The number of Topliss-reactive ketones (excluding diaryl/α,β-unsaturated/α-hetero) is 1. The third-order valence-corrected chi connectivity index (χ3v) is 6.40. The van der Waals surface area contributed by atoms with Gasteiger partial charge in [-0.15, -0.1) is 0 Å². The molecule has 0 aliphatic heterocycles. The molecule has 2 N–H and O–H groups in total. The number of carbonyl (C=O) groups is 3. The molecule has 1 aliphatic carbocycles. The highest BCUT2D eigenvalue weighted by Crippen LogP contribution is 2.38. The summed E-state index contributed by atoms with van der Waals surface area (Å²) in [6.45, 7) is 0. The number of nitrogens with zero attached hydrogens (tertiary/aromatic N) is 1. The van der Waals surface area contributed by atoms with Crippen LogP contribution in [0.25, 0.3) is 11.1 Å². The standard InChI is InChI=1S/C26H20ClF3N2O4/c27-20-7-6-18(24(29)30)22(23(20)28)15-3-8-21(31-12-15)19(11-13-9-17(33)10-13)25(34)32-16-4-1-14(2-5-16)26(35)36/h1-8,12-13,19,24H,9-11H2,(H,32,34)(H,35,36). The molecule has 0 saturated heterocycles. The minimum Gasteiger partial charge on any atom is -0.478 e. The number of halogens is 4. The van der Waals surface area contributed by atoms with Gasteiger partial charge in [0, 0.05) is 41.4 Å². The van der Waals surface area contributed by atoms with Gasteiger partial charge in [-0.3, -0.25) is 14.6 Å². The van der Waals surface area contributed by atoms with E-state index in [-0.39, 0.29) is 33.4 Å². The van der Waals surface area contributed by atoms with Gasteiger partial charge >= 0.3 is 5.97 Å². The summed E-state index contributed by atoms with van der Waals surface area (Å²) in [6.07, 6.45) is -0.704. The van der Waals surface area contributed by atoms with E-state index in [1.807, 2.05) is 0 Å². The summed E-state index contributed by atoms with van der Waals surface area (Å²) < 4.78 is 41.6. The minimum absolute atomic E-state index is 0.0140. The minimum atomic E-state index is -2.94. The fourth-order valence-electron chi connectivity index (χ4n) is 4.17. The fraction of sp³-hybridized carbons (Fsp3) is 0.231. The first kappa shape index (κ1) is 25.4. The van der Waals surface area contributed by atoms with Crippen molar-refractivity contribution in [2.45, 2.75) is 31.6 Å². The van der Waals surface area contributed by atoms with Crippen molar-refractivity contribution in [3.05, 3.63) is 82.4 Å². The maximum Gasteiger partial charge on any atom is 0.335 e. The van der Waals surface area contributed by atoms with Gasteiger partial charge in [-0.2, -0.15) is 0 Å². The van der Waals surface area contributed by atoms with Crippen molar-refractivity contribution in [2.24, 2.45) is 5.92 Å². The molecule has 4 rings (SSSR count). The van der Waals surface area contributed by atoms with E-state index in [1.165, 1.54) is 42.6 Å². The number of aromatic carboxylic acids is 1. The average molecular weight is 517 g/mol. The number of anilines is 1. The van der Waals surface area contributed by atoms with Gasteiger partial charge < -0.3 is 10.4 Å². The molecular formula is C26H20ClF3N2O4. The molecule has 1 atom stereocenters. The monoisotopic (exact) mass is 516 g/mol. The number of benzene rings is 2. The van der Waals surface area contributed by atoms with Gasteiger partial charge in [0.1, 0.15) is 11.6 Å². The summed E-state index contributed by atoms with van der Waals surface area (Å²) in [6, 6.07) is 10.6. The van der Waals surface area contributed by atoms with E-state index < -0.39 is 35.6 Å². The molecule has 10 heteroatoms. The van der Waals surface area contributed by atoms with E-state index in [4.69, 9.17) is 16.7 Å². The Hall–Kier alpha value is -3.72. The number of pyridine rings is 1. The summed E-state index contributed by atoms with van der Waals surface area (Å²) in [7, 11) is 0. The van der Waals surface area contributed by atoms with Crippen LogP contribution in [0.3, 0.4) is 0 Å². The Morgan fingerprint density at radius 2 is 1.78 bits per heavy atom. The molecule has 36 heavy (non-hydrogen) atoms. The highest BCUT2D eigenvalue weighted by Gasteiger charge is 2.33. The predicted molar refractivity (Wildman–Crippen MR) is 127 cm³/mol. The van der Waals surface area contributed by atoms with Crippen LogP contribution in [0.2, 0.25) is 5.02 Å². The van der Waals surface area contributed by atoms with Crippen LogP contribution in [0.1, 0.15) is 53.2 Å². The number of ketones is 1. The van der Waals surface area contributed by atoms with Crippen LogP contribution in [0.5, 0.6) is 0 Å². The number of nitrogens with one attached hydrogen (secondary N) is 1. The number of alkyl halides is 2. The molecule has 1 fully saturated rings. The first-order valence-corrected chi connectivity index (χ1v) is 11.4. The Bertz CT molecular complexity index is 1310. The number of amides is 1. The Balaban J connectivity index is 1.62. The highest BCUT2D eigenvalue weighted by molar-refractivity contribution is 6.31. The third kappa shape index (κ3) is 5.41. The smallest absolute Gasteiger partial charge is 0.335 e. The predicted octanol–water partition coefficient (Wildman–Crippen LogP) is 6.27. The largest absolute Gasteiger partial charge is 0.478 e. The zero-order valence-corrected chi connectivity index (χ0v) is 19.4. The van der Waals surface area contributed by atoms with Gasteiger partial charge in [-0.05, 0) is 48.7 Å². The van der Waals surface area contributed by atoms with Crippen molar-refractivity contribution >= 4 is 34.9 Å². The summed E-state index contributed by atoms with van der Waals surface area (Å²) in [4.78, 5) is 39.9. The highest BCUT2D eigenvalue weighted by atomic mass is 35.5. The number of carbonyl (C=O) groups excluding carboxylic acids is 2. The normalized spacial score (nSPS) is 14.4. The zero-order chi connectivity index (χ0) is 26.0. The Labute approximate surface area is 209 Å². The molecule has 0 radical (unpaired) electrons. The first-order chi connectivity index (χ1) is 17.1. The summed E-state index contributed by atoms with van der Waals surface area (Å²) in [5.74, 6) is -3.22. The maximum absolute atomic E-state index is 14.7. The van der Waals surface area contributed by atoms with Crippen LogP contribution in [0.4, 0.5) is 18.9 Å². The van der Waals surface area contributed by atoms with Crippen molar-refractivity contribution in [3.8, 4) is 11.1 Å². The number of hydrogen-bond donors (Lipinski definition) is 2. The number of hydrogen-bond acceptors (Lipinski definition) is 4. The van der Waals surface area contributed by atoms with Crippen molar-refractivity contribution < 1.29 is 32.7 Å². The lowest BCUT2D eigenvalue weighted by Gasteiger charge is -2.28. The second kappa shape index (κ2) is 10.5. The fourth-order valence-corrected chi connectivity index (χ4v) is 4.33. The Morgan fingerprint density at radius 3 is 2.33 bits per heavy atom. The molecule has 1 unspecified atom stereocenters. The van der Waals surface area contributed by atoms with Crippen LogP contribution >= 0.6 is 11.6 Å². The van der Waals surface area contributed by atoms with Crippen LogP contribution < -0.4 is 5.32 Å². The Morgan fingerprint density at radius 1 is 1.08 bits per heavy atom. The van der Waals surface area contributed by atoms with Crippen LogP contribution in [-0.4, -0.2) is 27.8 Å². The summed E-state index contributed by atoms with van der Waals surface area (Å²) in [5.41, 5.74) is -0.0562. The summed E-state index contributed by atoms with van der Waals surface area (Å²) in [5, 5.41) is 11.5. The van der Waals surface area contributed by atoms with Crippen molar-refractivity contribution in [3.63, 3.8) is 0 Å². The second-order valence-electron chi connectivity index (χ2n) is 8.57. The lowest BCUT2D eigenvalue weighted by atomic mass is 9.77. The molecule has 0 bridgehead atoms. The van der Waals surface area contributed by atoms with Crippen molar-refractivity contribution in [2.75, 3.05) is 5.32 Å². The summed E-state index contributed by atoms with van der Waals surface area (Å²) >= 11 is 5.81. The number of carboxylic acids is 1. The number of carboxylic acid groups (broad SMARTS) is 1. The lowest BCUT2D eigenvalue weighted by Crippen LogP contribution is -2.30. The molecule has 1 saturated carbocycles. The zero-order valence-electron chi connectivity index (χ0n) is 18.7. The number of rotatable bonds is 8. The van der Waals surface area contributed by atoms with E-state index in [0.717, 1.165) is 12.1 Å². The molecule has 0 spiro atoms. The van der Waals surface area contributed by atoms with E-state index >= 15 is 0 Å². The quantitative estimate of drug-likeness (QED) is 0.368. The lowest BCUT2D eigenvalue weighted by molar-refractivity contribution is -0.128. The molecule has 186 valence electrons. The maximum atomic E-state index is 14.7. The first-order valence-electron chi connectivity index (χ1n) is 11.0. The van der Waals surface area contributed by atoms with Gasteiger partial charge in [0.05, 0.1) is 22.2 Å². The molecular weight excluding hydrogens is 497 g/mol. The van der Waals surface area contributed by atoms with Crippen LogP contribution in [0, 0.1) is 11.7 Å². The van der Waals surface area contributed by atoms with Crippen molar-refractivity contribution in [1.29, 1.82) is 0 Å². The van der Waals surface area contributed by atoms with E-state index in [2.05, 4.69) is 10.3 Å². The molecule has 1 heterocycles. The Kier molecular flexibility index (Phi) is 7.40. The molecule has 1 aromatic heterocycles. The van der Waals surface area contributed by atoms with E-state index in [0.29, 0.717) is 30.6 Å². The van der Waals surface area contributed by atoms with Crippen LogP contribution in [-0.2, 0) is 9.59 Å². The van der Waals surface area contributed by atoms with Gasteiger partial charge in [-0.1, -0.05) is 23.7 Å². The van der Waals surface area contributed by atoms with E-state index in [9.17, 15) is 27.6 Å². The van der Waals surface area contributed by atoms with Gasteiger partial charge in [0.25, 0.3) is 6.43 Å². The van der Waals surface area contributed by atoms with E-state index in [1.54, 1.807) is 0 Å². The van der Waals surface area contributed by atoms with Gasteiger partial charge in [0.15, 0.2) is 0 Å². The molecule has 1 amide bonds. The molecule has 2 aromatic carbocycles. The number of aromatic nitrogens is 1. The SMILES string of the molecule is O=C1CC(CC(C(=O)Nc2ccc(C(=O)O)cc2)c2ccc(-c3c(C(F)F)ccc(Cl)c3F)cn2)C1.